The number of nitrogens with one attached hydrogen (secondary N) is 1. The smallest absolute Gasteiger partial charge is 0.00175 e. The Morgan fingerprint density at radius 2 is 1.76 bits per heavy atom. The molecule has 1 atom stereocenters. The highest BCUT2D eigenvalue weighted by Crippen LogP contribution is 2.16. The number of benzene rings is 1. The molecule has 1 unspecified atom stereocenters. The van der Waals surface area contributed by atoms with Gasteiger partial charge in [0, 0.05) is 0 Å². The maximum Gasteiger partial charge on any atom is -0.00175 e. The Morgan fingerprint density at radius 1 is 1.06 bits per heavy atom. The van der Waals surface area contributed by atoms with E-state index >= 15 is 0 Å². The molecule has 1 rings (SSSR count). The second-order valence-corrected chi connectivity index (χ2v) is 5.33. The van der Waals surface area contributed by atoms with Gasteiger partial charge in [0.05, 0.1) is 0 Å². The van der Waals surface area contributed by atoms with Crippen molar-refractivity contribution in [1.29, 1.82) is 0 Å². The van der Waals surface area contributed by atoms with E-state index in [0.717, 1.165) is 24.9 Å². The molecule has 0 spiro atoms. The molecule has 0 aliphatic rings. The standard InChI is InChI=1S/C16H27N/c1-4-17-13-16(11-10-14(2)3)12-15-8-6-5-7-9-15/h5-9,14,16-17H,4,10-13H2,1-3H3. The molecule has 0 aliphatic heterocycles. The van der Waals surface area contributed by atoms with Gasteiger partial charge in [-0.05, 0) is 43.3 Å². The molecule has 1 aromatic carbocycles. The zero-order valence-corrected chi connectivity index (χ0v) is 11.6. The highest BCUT2D eigenvalue weighted by molar-refractivity contribution is 5.15. The van der Waals surface area contributed by atoms with Gasteiger partial charge in [-0.3, -0.25) is 0 Å². The van der Waals surface area contributed by atoms with Gasteiger partial charge in [0.2, 0.25) is 0 Å². The van der Waals surface area contributed by atoms with E-state index < -0.39 is 0 Å². The van der Waals surface area contributed by atoms with E-state index in [1.807, 2.05) is 0 Å². The Labute approximate surface area is 107 Å². The average Bonchev–Trinajstić information content (AvgIpc) is 2.34. The van der Waals surface area contributed by atoms with E-state index in [1.54, 1.807) is 0 Å². The zero-order valence-electron chi connectivity index (χ0n) is 11.6. The summed E-state index contributed by atoms with van der Waals surface area (Å²) in [5.41, 5.74) is 1.47. The van der Waals surface area contributed by atoms with Gasteiger partial charge >= 0.3 is 0 Å². The van der Waals surface area contributed by atoms with Crippen LogP contribution in [0.1, 0.15) is 39.2 Å². The zero-order chi connectivity index (χ0) is 12.5. The third kappa shape index (κ3) is 6.48. The Balaban J connectivity index is 2.44. The summed E-state index contributed by atoms with van der Waals surface area (Å²) < 4.78 is 0. The summed E-state index contributed by atoms with van der Waals surface area (Å²) in [5, 5.41) is 3.49. The first-order valence-corrected chi connectivity index (χ1v) is 6.97. The van der Waals surface area contributed by atoms with Crippen LogP contribution in [-0.2, 0) is 6.42 Å². The van der Waals surface area contributed by atoms with Crippen molar-refractivity contribution in [3.8, 4) is 0 Å². The molecule has 96 valence electrons. The van der Waals surface area contributed by atoms with Crippen LogP contribution in [0.3, 0.4) is 0 Å². The monoisotopic (exact) mass is 233 g/mol. The minimum absolute atomic E-state index is 0.778. The fraction of sp³-hybridized carbons (Fsp3) is 0.625. The lowest BCUT2D eigenvalue weighted by Gasteiger charge is -2.18. The highest BCUT2D eigenvalue weighted by atomic mass is 14.8. The lowest BCUT2D eigenvalue weighted by molar-refractivity contribution is 0.402. The Hall–Kier alpha value is -0.820. The predicted molar refractivity (Wildman–Crippen MR) is 76.3 cm³/mol. The first kappa shape index (κ1) is 14.2. The molecule has 1 nitrogen and oxygen atoms in total. The van der Waals surface area contributed by atoms with Crippen LogP contribution in [0.4, 0.5) is 0 Å². The second kappa shape index (κ2) is 8.30. The summed E-state index contributed by atoms with van der Waals surface area (Å²) >= 11 is 0. The van der Waals surface area contributed by atoms with Crippen molar-refractivity contribution < 1.29 is 0 Å². The minimum Gasteiger partial charge on any atom is -0.317 e. The molecule has 0 aromatic heterocycles. The van der Waals surface area contributed by atoms with Gasteiger partial charge < -0.3 is 5.32 Å². The first-order valence-electron chi connectivity index (χ1n) is 6.97. The maximum atomic E-state index is 3.49. The molecule has 0 amide bonds. The van der Waals surface area contributed by atoms with Crippen LogP contribution in [0.5, 0.6) is 0 Å². The van der Waals surface area contributed by atoms with Crippen molar-refractivity contribution in [2.24, 2.45) is 11.8 Å². The molecule has 0 bridgehead atoms. The summed E-state index contributed by atoms with van der Waals surface area (Å²) in [6.45, 7) is 9.03. The van der Waals surface area contributed by atoms with Crippen molar-refractivity contribution in [3.05, 3.63) is 35.9 Å². The van der Waals surface area contributed by atoms with Crippen LogP contribution in [-0.4, -0.2) is 13.1 Å². The Kier molecular flexibility index (Phi) is 6.95. The molecule has 0 fully saturated rings. The molecule has 17 heavy (non-hydrogen) atoms. The first-order chi connectivity index (χ1) is 8.22. The third-order valence-corrected chi connectivity index (χ3v) is 3.20. The quantitative estimate of drug-likeness (QED) is 0.718. The molecule has 1 aromatic rings. The third-order valence-electron chi connectivity index (χ3n) is 3.20. The Morgan fingerprint density at radius 3 is 2.35 bits per heavy atom. The molecule has 1 N–H and O–H groups in total. The molecule has 0 saturated heterocycles. The van der Waals surface area contributed by atoms with Gasteiger partial charge in [0.15, 0.2) is 0 Å². The lowest BCUT2D eigenvalue weighted by atomic mass is 9.92. The van der Waals surface area contributed by atoms with Gasteiger partial charge in [-0.2, -0.15) is 0 Å². The van der Waals surface area contributed by atoms with Gasteiger partial charge in [0.1, 0.15) is 0 Å². The normalized spacial score (nSPS) is 12.9. The summed E-state index contributed by atoms with van der Waals surface area (Å²) in [4.78, 5) is 0. The summed E-state index contributed by atoms with van der Waals surface area (Å²) in [7, 11) is 0. The van der Waals surface area contributed by atoms with E-state index in [1.165, 1.54) is 24.8 Å². The molecular weight excluding hydrogens is 206 g/mol. The van der Waals surface area contributed by atoms with Crippen molar-refractivity contribution in [3.63, 3.8) is 0 Å². The van der Waals surface area contributed by atoms with Crippen LogP contribution in [0.2, 0.25) is 0 Å². The predicted octanol–water partition coefficient (Wildman–Crippen LogP) is 3.89. The number of rotatable bonds is 8. The molecule has 1 heteroatoms. The topological polar surface area (TPSA) is 12.0 Å². The molecular formula is C16H27N. The van der Waals surface area contributed by atoms with Gasteiger partial charge in [0.25, 0.3) is 0 Å². The van der Waals surface area contributed by atoms with E-state index in [4.69, 9.17) is 0 Å². The number of hydrogen-bond donors (Lipinski definition) is 1. The van der Waals surface area contributed by atoms with Crippen molar-refractivity contribution >= 4 is 0 Å². The lowest BCUT2D eigenvalue weighted by Crippen LogP contribution is -2.24. The molecule has 0 heterocycles. The van der Waals surface area contributed by atoms with Crippen LogP contribution in [0, 0.1) is 11.8 Å². The largest absolute Gasteiger partial charge is 0.317 e. The molecule has 0 radical (unpaired) electrons. The fourth-order valence-corrected chi connectivity index (χ4v) is 2.14. The van der Waals surface area contributed by atoms with Crippen molar-refractivity contribution in [2.45, 2.75) is 40.0 Å². The minimum atomic E-state index is 0.778. The van der Waals surface area contributed by atoms with Crippen LogP contribution in [0.25, 0.3) is 0 Å². The average molecular weight is 233 g/mol. The van der Waals surface area contributed by atoms with E-state index in [2.05, 4.69) is 56.4 Å². The summed E-state index contributed by atoms with van der Waals surface area (Å²) in [6, 6.07) is 10.9. The maximum absolute atomic E-state index is 3.49. The van der Waals surface area contributed by atoms with Gasteiger partial charge in [-0.15, -0.1) is 0 Å². The highest BCUT2D eigenvalue weighted by Gasteiger charge is 2.10. The van der Waals surface area contributed by atoms with Gasteiger partial charge in [-0.25, -0.2) is 0 Å². The van der Waals surface area contributed by atoms with E-state index in [0.29, 0.717) is 0 Å². The van der Waals surface area contributed by atoms with Crippen LogP contribution >= 0.6 is 0 Å². The van der Waals surface area contributed by atoms with Crippen molar-refractivity contribution in [1.82, 2.24) is 5.32 Å². The van der Waals surface area contributed by atoms with Gasteiger partial charge in [-0.1, -0.05) is 57.5 Å². The molecule has 0 saturated carbocycles. The van der Waals surface area contributed by atoms with E-state index in [9.17, 15) is 0 Å². The fourth-order valence-electron chi connectivity index (χ4n) is 2.14. The Bertz CT molecular complexity index is 279. The SMILES string of the molecule is CCNCC(CCC(C)C)Cc1ccccc1. The summed E-state index contributed by atoms with van der Waals surface area (Å²) in [6.07, 6.45) is 3.88. The van der Waals surface area contributed by atoms with Crippen LogP contribution < -0.4 is 5.32 Å². The van der Waals surface area contributed by atoms with E-state index in [-0.39, 0.29) is 0 Å². The molecule has 0 aliphatic carbocycles. The van der Waals surface area contributed by atoms with Crippen molar-refractivity contribution in [2.75, 3.05) is 13.1 Å². The second-order valence-electron chi connectivity index (χ2n) is 5.33. The summed E-state index contributed by atoms with van der Waals surface area (Å²) in [5.74, 6) is 1.59. The van der Waals surface area contributed by atoms with Crippen LogP contribution in [0.15, 0.2) is 30.3 Å². The number of hydrogen-bond acceptors (Lipinski definition) is 1.